The Morgan fingerprint density at radius 3 is 2.33 bits per heavy atom. The van der Waals surface area contributed by atoms with Crippen LogP contribution >= 0.6 is 0 Å². The van der Waals surface area contributed by atoms with E-state index in [0.29, 0.717) is 0 Å². The molecule has 1 fully saturated rings. The molecule has 1 saturated heterocycles. The summed E-state index contributed by atoms with van der Waals surface area (Å²) in [5.41, 5.74) is 3.97. The van der Waals surface area contributed by atoms with E-state index in [-0.39, 0.29) is 5.54 Å². The van der Waals surface area contributed by atoms with Gasteiger partial charge in [0.15, 0.2) is 0 Å². The van der Waals surface area contributed by atoms with Gasteiger partial charge in [0.1, 0.15) is 0 Å². The molecule has 0 atom stereocenters. The van der Waals surface area contributed by atoms with Crippen LogP contribution in [0.4, 0.5) is 5.69 Å². The van der Waals surface area contributed by atoms with Crippen LogP contribution in [0.5, 0.6) is 0 Å². The summed E-state index contributed by atoms with van der Waals surface area (Å²) >= 11 is 0. The zero-order chi connectivity index (χ0) is 15.3. The van der Waals surface area contributed by atoms with Crippen molar-refractivity contribution in [2.75, 3.05) is 18.0 Å². The molecule has 1 aromatic rings. The number of aryl methyl sites for hydroxylation is 1. The molecule has 3 heteroatoms. The Morgan fingerprint density at radius 2 is 1.71 bits per heavy atom. The summed E-state index contributed by atoms with van der Waals surface area (Å²) in [7, 11) is 0. The first-order chi connectivity index (χ1) is 9.96. The first kappa shape index (κ1) is 16.3. The summed E-state index contributed by atoms with van der Waals surface area (Å²) in [6.45, 7) is 12.0. The minimum absolute atomic E-state index is 0.137. The van der Waals surface area contributed by atoms with E-state index in [9.17, 15) is 0 Å². The van der Waals surface area contributed by atoms with Gasteiger partial charge in [0, 0.05) is 48.3 Å². The van der Waals surface area contributed by atoms with Crippen LogP contribution in [-0.4, -0.2) is 23.6 Å². The maximum Gasteiger partial charge on any atom is 0.0445 e. The number of nitrogens with zero attached hydrogens (tertiary/aromatic N) is 2. The van der Waals surface area contributed by atoms with Crippen molar-refractivity contribution >= 4 is 5.69 Å². The van der Waals surface area contributed by atoms with Gasteiger partial charge in [-0.25, -0.2) is 0 Å². The van der Waals surface area contributed by atoms with Gasteiger partial charge < -0.3 is 10.2 Å². The molecular formula is C18H31N3. The summed E-state index contributed by atoms with van der Waals surface area (Å²) < 4.78 is 0. The molecule has 0 aromatic carbocycles. The van der Waals surface area contributed by atoms with Crippen LogP contribution in [0.15, 0.2) is 12.3 Å². The lowest BCUT2D eigenvalue weighted by molar-refractivity contribution is 0.423. The van der Waals surface area contributed by atoms with Crippen molar-refractivity contribution in [3.8, 4) is 0 Å². The van der Waals surface area contributed by atoms with E-state index in [1.807, 2.05) is 0 Å². The maximum atomic E-state index is 4.51. The number of anilines is 1. The fourth-order valence-electron chi connectivity index (χ4n) is 2.85. The molecule has 3 nitrogen and oxygen atoms in total. The van der Waals surface area contributed by atoms with Crippen LogP contribution in [0.2, 0.25) is 0 Å². The molecule has 0 spiro atoms. The molecule has 1 aliphatic heterocycles. The zero-order valence-corrected chi connectivity index (χ0v) is 14.2. The lowest BCUT2D eigenvalue weighted by Crippen LogP contribution is -2.36. The molecule has 1 aliphatic rings. The van der Waals surface area contributed by atoms with Crippen molar-refractivity contribution in [2.45, 2.75) is 71.9 Å². The third kappa shape index (κ3) is 5.31. The second-order valence-electron chi connectivity index (χ2n) is 7.31. The predicted molar refractivity (Wildman–Crippen MR) is 90.9 cm³/mol. The van der Waals surface area contributed by atoms with Crippen molar-refractivity contribution in [3.63, 3.8) is 0 Å². The Morgan fingerprint density at radius 1 is 1.10 bits per heavy atom. The molecule has 0 unspecified atom stereocenters. The van der Waals surface area contributed by atoms with Crippen LogP contribution in [0.1, 0.15) is 64.1 Å². The summed E-state index contributed by atoms with van der Waals surface area (Å²) in [6, 6.07) is 2.27. The summed E-state index contributed by atoms with van der Waals surface area (Å²) in [4.78, 5) is 7.09. The van der Waals surface area contributed by atoms with Crippen molar-refractivity contribution in [1.82, 2.24) is 10.3 Å². The average Bonchev–Trinajstić information content (AvgIpc) is 2.36. The molecule has 0 amide bonds. The third-order valence-electron chi connectivity index (χ3n) is 4.10. The number of aromatic nitrogens is 1. The summed E-state index contributed by atoms with van der Waals surface area (Å²) in [6.07, 6.45) is 8.83. The zero-order valence-electron chi connectivity index (χ0n) is 14.2. The van der Waals surface area contributed by atoms with Crippen LogP contribution in [0.25, 0.3) is 0 Å². The van der Waals surface area contributed by atoms with Crippen LogP contribution in [0.3, 0.4) is 0 Å². The second-order valence-corrected chi connectivity index (χ2v) is 7.31. The third-order valence-corrected chi connectivity index (χ3v) is 4.10. The Kier molecular flexibility index (Phi) is 5.63. The monoisotopic (exact) mass is 289 g/mol. The molecular weight excluding hydrogens is 258 g/mol. The molecule has 21 heavy (non-hydrogen) atoms. The molecule has 0 saturated carbocycles. The SMILES string of the molecule is Cc1cc(N2CCCCCCC2)c(CNC(C)(C)C)cn1. The van der Waals surface area contributed by atoms with Gasteiger partial charge in [0.25, 0.3) is 0 Å². The highest BCUT2D eigenvalue weighted by Gasteiger charge is 2.16. The van der Waals surface area contributed by atoms with Gasteiger partial charge in [-0.2, -0.15) is 0 Å². The summed E-state index contributed by atoms with van der Waals surface area (Å²) in [5.74, 6) is 0. The van der Waals surface area contributed by atoms with Gasteiger partial charge in [0.05, 0.1) is 0 Å². The van der Waals surface area contributed by atoms with Crippen LogP contribution < -0.4 is 10.2 Å². The number of hydrogen-bond acceptors (Lipinski definition) is 3. The second kappa shape index (κ2) is 7.26. The fraction of sp³-hybridized carbons (Fsp3) is 0.722. The smallest absolute Gasteiger partial charge is 0.0445 e. The van der Waals surface area contributed by atoms with Gasteiger partial charge >= 0.3 is 0 Å². The van der Waals surface area contributed by atoms with E-state index in [4.69, 9.17) is 0 Å². The van der Waals surface area contributed by atoms with Crippen LogP contribution in [-0.2, 0) is 6.54 Å². The predicted octanol–water partition coefficient (Wildman–Crippen LogP) is 4.05. The lowest BCUT2D eigenvalue weighted by atomic mass is 10.1. The highest BCUT2D eigenvalue weighted by atomic mass is 15.1. The van der Waals surface area contributed by atoms with Crippen molar-refractivity contribution in [1.29, 1.82) is 0 Å². The van der Waals surface area contributed by atoms with E-state index >= 15 is 0 Å². The van der Waals surface area contributed by atoms with E-state index in [2.05, 4.69) is 55.2 Å². The molecule has 0 aliphatic carbocycles. The highest BCUT2D eigenvalue weighted by Crippen LogP contribution is 2.24. The minimum Gasteiger partial charge on any atom is -0.371 e. The first-order valence-electron chi connectivity index (χ1n) is 8.41. The molecule has 0 radical (unpaired) electrons. The molecule has 2 rings (SSSR count). The molecule has 1 N–H and O–H groups in total. The number of pyridine rings is 1. The highest BCUT2D eigenvalue weighted by molar-refractivity contribution is 5.53. The van der Waals surface area contributed by atoms with Gasteiger partial charge in [-0.3, -0.25) is 4.98 Å². The number of hydrogen-bond donors (Lipinski definition) is 1. The Balaban J connectivity index is 2.16. The van der Waals surface area contributed by atoms with Crippen molar-refractivity contribution in [2.24, 2.45) is 0 Å². The Labute approximate surface area is 130 Å². The maximum absolute atomic E-state index is 4.51. The number of rotatable bonds is 3. The van der Waals surface area contributed by atoms with Crippen LogP contribution in [0, 0.1) is 6.92 Å². The lowest BCUT2D eigenvalue weighted by Gasteiger charge is -2.30. The van der Waals surface area contributed by atoms with E-state index in [0.717, 1.165) is 12.2 Å². The van der Waals surface area contributed by atoms with Gasteiger partial charge in [-0.1, -0.05) is 19.3 Å². The molecule has 1 aromatic heterocycles. The average molecular weight is 289 g/mol. The van der Waals surface area contributed by atoms with E-state index in [1.165, 1.54) is 56.4 Å². The van der Waals surface area contributed by atoms with E-state index in [1.54, 1.807) is 0 Å². The van der Waals surface area contributed by atoms with Gasteiger partial charge in [0.2, 0.25) is 0 Å². The molecule has 0 bridgehead atoms. The molecule has 118 valence electrons. The Hall–Kier alpha value is -1.09. The minimum atomic E-state index is 0.137. The Bertz CT molecular complexity index is 440. The quantitative estimate of drug-likeness (QED) is 0.910. The van der Waals surface area contributed by atoms with Crippen molar-refractivity contribution < 1.29 is 0 Å². The normalized spacial score (nSPS) is 17.4. The topological polar surface area (TPSA) is 28.2 Å². The standard InChI is InChI=1S/C18H31N3/c1-15-12-17(21-10-8-6-5-7-9-11-21)16(13-19-15)14-20-18(2,3)4/h12-13,20H,5-11,14H2,1-4H3. The molecule has 2 heterocycles. The van der Waals surface area contributed by atoms with E-state index < -0.39 is 0 Å². The van der Waals surface area contributed by atoms with Gasteiger partial charge in [-0.05, 0) is 46.6 Å². The first-order valence-corrected chi connectivity index (χ1v) is 8.41. The summed E-state index contributed by atoms with van der Waals surface area (Å²) in [5, 5.41) is 3.60. The van der Waals surface area contributed by atoms with Gasteiger partial charge in [-0.15, -0.1) is 0 Å². The fourth-order valence-corrected chi connectivity index (χ4v) is 2.85. The largest absolute Gasteiger partial charge is 0.371 e. The number of nitrogens with one attached hydrogen (secondary N) is 1. The van der Waals surface area contributed by atoms with Crippen molar-refractivity contribution in [3.05, 3.63) is 23.5 Å².